The molecule has 0 bridgehead atoms. The van der Waals surface area contributed by atoms with E-state index < -0.39 is 5.91 Å². The summed E-state index contributed by atoms with van der Waals surface area (Å²) in [5, 5.41) is 26.2. The van der Waals surface area contributed by atoms with Gasteiger partial charge in [0, 0.05) is 22.4 Å². The number of phenolic OH excluding ortho intramolecular Hbond substituents is 2. The van der Waals surface area contributed by atoms with Gasteiger partial charge in [0.05, 0.1) is 5.71 Å². The molecule has 3 aromatic rings. The van der Waals surface area contributed by atoms with Crippen molar-refractivity contribution in [3.8, 4) is 11.5 Å². The molecular formula is C23H21N3O4. The fraction of sp³-hybridized carbons (Fsp3) is 0.0870. The molecule has 3 rings (SSSR count). The van der Waals surface area contributed by atoms with E-state index in [1.165, 1.54) is 18.2 Å². The van der Waals surface area contributed by atoms with Crippen LogP contribution >= 0.6 is 0 Å². The van der Waals surface area contributed by atoms with E-state index in [4.69, 9.17) is 0 Å². The van der Waals surface area contributed by atoms with Crippen LogP contribution in [0.3, 0.4) is 0 Å². The average Bonchev–Trinajstić information content (AvgIpc) is 2.74. The highest BCUT2D eigenvalue weighted by Crippen LogP contribution is 2.22. The highest BCUT2D eigenvalue weighted by Gasteiger charge is 2.11. The number of benzene rings is 3. The van der Waals surface area contributed by atoms with Crippen molar-refractivity contribution >= 4 is 23.2 Å². The number of nitrogens with zero attached hydrogens (tertiary/aromatic N) is 1. The van der Waals surface area contributed by atoms with E-state index in [1.807, 2.05) is 19.1 Å². The number of hydrogen-bond acceptors (Lipinski definition) is 5. The third kappa shape index (κ3) is 4.82. The fourth-order valence-corrected chi connectivity index (χ4v) is 2.80. The van der Waals surface area contributed by atoms with E-state index in [2.05, 4.69) is 15.8 Å². The van der Waals surface area contributed by atoms with Crippen LogP contribution < -0.4 is 10.7 Å². The molecule has 7 heteroatoms. The monoisotopic (exact) mass is 403 g/mol. The lowest BCUT2D eigenvalue weighted by Gasteiger charge is -2.08. The fourth-order valence-electron chi connectivity index (χ4n) is 2.80. The number of anilines is 1. The van der Waals surface area contributed by atoms with Crippen LogP contribution in [0.5, 0.6) is 11.5 Å². The summed E-state index contributed by atoms with van der Waals surface area (Å²) < 4.78 is 0. The zero-order valence-electron chi connectivity index (χ0n) is 16.5. The van der Waals surface area contributed by atoms with Gasteiger partial charge in [-0.05, 0) is 67.9 Å². The lowest BCUT2D eigenvalue weighted by atomic mass is 10.1. The van der Waals surface area contributed by atoms with Crippen molar-refractivity contribution in [2.45, 2.75) is 13.8 Å². The van der Waals surface area contributed by atoms with Gasteiger partial charge in [-0.2, -0.15) is 5.10 Å². The normalized spacial score (nSPS) is 11.1. The average molecular weight is 403 g/mol. The second kappa shape index (κ2) is 8.91. The molecule has 0 aliphatic heterocycles. The van der Waals surface area contributed by atoms with Gasteiger partial charge in [0.25, 0.3) is 11.8 Å². The van der Waals surface area contributed by atoms with Crippen molar-refractivity contribution in [2.75, 3.05) is 5.32 Å². The van der Waals surface area contributed by atoms with Crippen molar-refractivity contribution in [3.05, 3.63) is 89.0 Å². The first-order valence-electron chi connectivity index (χ1n) is 9.19. The molecule has 0 heterocycles. The van der Waals surface area contributed by atoms with E-state index >= 15 is 0 Å². The molecule has 0 saturated heterocycles. The number of aryl methyl sites for hydroxylation is 1. The summed E-state index contributed by atoms with van der Waals surface area (Å²) in [6.45, 7) is 3.46. The van der Waals surface area contributed by atoms with Crippen LogP contribution in [-0.4, -0.2) is 27.7 Å². The van der Waals surface area contributed by atoms with E-state index in [0.717, 1.165) is 5.56 Å². The number of nitrogens with one attached hydrogen (secondary N) is 2. The number of carbonyl (C=O) groups excluding carboxylic acids is 2. The van der Waals surface area contributed by atoms with Crippen LogP contribution in [0.1, 0.15) is 38.8 Å². The molecule has 0 spiro atoms. The first kappa shape index (κ1) is 20.6. The molecule has 152 valence electrons. The number of carbonyl (C=O) groups is 2. The summed E-state index contributed by atoms with van der Waals surface area (Å²) >= 11 is 0. The molecule has 0 aliphatic carbocycles. The third-order valence-corrected chi connectivity index (χ3v) is 4.49. The molecule has 0 unspecified atom stereocenters. The predicted octanol–water partition coefficient (Wildman–Crippen LogP) is 3.81. The Morgan fingerprint density at radius 1 is 0.867 bits per heavy atom. The molecule has 0 aromatic heterocycles. The molecule has 0 aliphatic rings. The van der Waals surface area contributed by atoms with Crippen molar-refractivity contribution in [1.82, 2.24) is 5.43 Å². The van der Waals surface area contributed by atoms with Gasteiger partial charge in [-0.15, -0.1) is 0 Å². The van der Waals surface area contributed by atoms with Crippen molar-refractivity contribution in [3.63, 3.8) is 0 Å². The number of hydrazone groups is 1. The van der Waals surface area contributed by atoms with Gasteiger partial charge in [-0.1, -0.05) is 18.2 Å². The van der Waals surface area contributed by atoms with Crippen LogP contribution in [0.25, 0.3) is 0 Å². The Bertz CT molecular complexity index is 1120. The number of phenols is 2. The summed E-state index contributed by atoms with van der Waals surface area (Å²) in [5.41, 5.74) is 5.41. The molecule has 30 heavy (non-hydrogen) atoms. The molecule has 0 radical (unpaired) electrons. The van der Waals surface area contributed by atoms with Gasteiger partial charge in [-0.25, -0.2) is 5.43 Å². The predicted molar refractivity (Wildman–Crippen MR) is 115 cm³/mol. The Balaban J connectivity index is 1.66. The first-order valence-corrected chi connectivity index (χ1v) is 9.19. The summed E-state index contributed by atoms with van der Waals surface area (Å²) in [7, 11) is 0. The van der Waals surface area contributed by atoms with Crippen LogP contribution in [0.15, 0.2) is 71.8 Å². The van der Waals surface area contributed by atoms with E-state index in [9.17, 15) is 19.8 Å². The Morgan fingerprint density at radius 2 is 1.57 bits per heavy atom. The number of aromatic hydroxyl groups is 2. The molecule has 0 atom stereocenters. The Labute approximate surface area is 173 Å². The van der Waals surface area contributed by atoms with Crippen molar-refractivity contribution < 1.29 is 19.8 Å². The van der Waals surface area contributed by atoms with Crippen LogP contribution in [0.2, 0.25) is 0 Å². The third-order valence-electron chi connectivity index (χ3n) is 4.49. The summed E-state index contributed by atoms with van der Waals surface area (Å²) in [6, 6.07) is 17.7. The maximum absolute atomic E-state index is 12.4. The van der Waals surface area contributed by atoms with Crippen LogP contribution in [0, 0.1) is 6.92 Å². The minimum Gasteiger partial charge on any atom is -0.508 e. The Hall–Kier alpha value is -4.13. The summed E-state index contributed by atoms with van der Waals surface area (Å²) in [6.07, 6.45) is 0. The van der Waals surface area contributed by atoms with Crippen molar-refractivity contribution in [1.29, 1.82) is 0 Å². The Kier molecular flexibility index (Phi) is 6.12. The van der Waals surface area contributed by atoms with Gasteiger partial charge in [-0.3, -0.25) is 9.59 Å². The number of rotatable bonds is 5. The minimum atomic E-state index is -0.453. The second-order valence-electron chi connectivity index (χ2n) is 6.69. The summed E-state index contributed by atoms with van der Waals surface area (Å²) in [5.74, 6) is -0.758. The topological polar surface area (TPSA) is 111 Å². The van der Waals surface area contributed by atoms with Gasteiger partial charge in [0.1, 0.15) is 11.5 Å². The van der Waals surface area contributed by atoms with Gasteiger partial charge < -0.3 is 15.5 Å². The maximum Gasteiger partial charge on any atom is 0.271 e. The van der Waals surface area contributed by atoms with Gasteiger partial charge >= 0.3 is 0 Å². The first-order chi connectivity index (χ1) is 14.3. The molecule has 0 saturated carbocycles. The SMILES string of the molecule is C/C(=N/NC(=O)c1ccc(NC(=O)c2ccccc2C)cc1)c1cc(O)ccc1O. The second-order valence-corrected chi connectivity index (χ2v) is 6.69. The van der Waals surface area contributed by atoms with Crippen LogP contribution in [0.4, 0.5) is 5.69 Å². The van der Waals surface area contributed by atoms with Crippen LogP contribution in [-0.2, 0) is 0 Å². The quantitative estimate of drug-likeness (QED) is 0.295. The number of amides is 2. The molecule has 2 amide bonds. The van der Waals surface area contributed by atoms with E-state index in [0.29, 0.717) is 28.1 Å². The maximum atomic E-state index is 12.4. The number of hydrogen-bond donors (Lipinski definition) is 4. The highest BCUT2D eigenvalue weighted by atomic mass is 16.3. The molecule has 3 aromatic carbocycles. The zero-order chi connectivity index (χ0) is 21.7. The lowest BCUT2D eigenvalue weighted by molar-refractivity contribution is 0.0954. The highest BCUT2D eigenvalue weighted by molar-refractivity contribution is 6.06. The zero-order valence-corrected chi connectivity index (χ0v) is 16.5. The molecule has 4 N–H and O–H groups in total. The smallest absolute Gasteiger partial charge is 0.271 e. The lowest BCUT2D eigenvalue weighted by Crippen LogP contribution is -2.19. The molecule has 0 fully saturated rings. The Morgan fingerprint density at radius 3 is 2.27 bits per heavy atom. The van der Waals surface area contributed by atoms with E-state index in [-0.39, 0.29) is 17.4 Å². The largest absolute Gasteiger partial charge is 0.508 e. The molecular weight excluding hydrogens is 382 g/mol. The van der Waals surface area contributed by atoms with Gasteiger partial charge in [0.15, 0.2) is 0 Å². The van der Waals surface area contributed by atoms with Crippen molar-refractivity contribution in [2.24, 2.45) is 5.10 Å². The molecule has 7 nitrogen and oxygen atoms in total. The summed E-state index contributed by atoms with van der Waals surface area (Å²) in [4.78, 5) is 24.7. The minimum absolute atomic E-state index is 0.0213. The van der Waals surface area contributed by atoms with Gasteiger partial charge in [0.2, 0.25) is 0 Å². The standard InChI is InChI=1S/C23H21N3O4/c1-14-5-3-4-6-19(14)23(30)24-17-9-7-16(8-10-17)22(29)26-25-15(2)20-13-18(27)11-12-21(20)28/h3-13,27-28H,1-2H3,(H,24,30)(H,26,29)/b25-15-. The van der Waals surface area contributed by atoms with E-state index in [1.54, 1.807) is 43.3 Å².